The topological polar surface area (TPSA) is 79.8 Å². The van der Waals surface area contributed by atoms with Gasteiger partial charge in [0.2, 0.25) is 0 Å². The molecule has 0 saturated heterocycles. The van der Waals surface area contributed by atoms with Gasteiger partial charge in [-0.15, -0.1) is 11.3 Å². The molecule has 112 valence electrons. The Morgan fingerprint density at radius 1 is 1.29 bits per heavy atom. The van der Waals surface area contributed by atoms with Crippen molar-refractivity contribution in [1.29, 1.82) is 0 Å². The standard InChI is InChI=1S/C14H19N5OS/c1-8(2)12-17-7-10(15-4)11(19-12)13(20)18-9(3)14-16-5-6-21-14/h5-9,15H,1-4H3,(H,18,20). The fourth-order valence-corrected chi connectivity index (χ4v) is 2.45. The van der Waals surface area contributed by atoms with Crippen LogP contribution in [0.4, 0.5) is 5.69 Å². The second-order valence-electron chi connectivity index (χ2n) is 4.96. The zero-order chi connectivity index (χ0) is 15.4. The maximum absolute atomic E-state index is 12.4. The second-order valence-corrected chi connectivity index (χ2v) is 5.89. The third-order valence-electron chi connectivity index (χ3n) is 2.98. The molecule has 0 spiro atoms. The zero-order valence-corrected chi connectivity index (χ0v) is 13.4. The average Bonchev–Trinajstić information content (AvgIpc) is 3.00. The molecule has 0 aliphatic heterocycles. The first-order chi connectivity index (χ1) is 10.0. The predicted molar refractivity (Wildman–Crippen MR) is 83.7 cm³/mol. The zero-order valence-electron chi connectivity index (χ0n) is 12.5. The number of aromatic nitrogens is 3. The third-order valence-corrected chi connectivity index (χ3v) is 3.94. The van der Waals surface area contributed by atoms with Crippen LogP contribution in [0.2, 0.25) is 0 Å². The lowest BCUT2D eigenvalue weighted by atomic mass is 10.2. The van der Waals surface area contributed by atoms with Crippen LogP contribution in [0.3, 0.4) is 0 Å². The quantitative estimate of drug-likeness (QED) is 0.887. The highest BCUT2D eigenvalue weighted by Crippen LogP contribution is 2.19. The highest BCUT2D eigenvalue weighted by atomic mass is 32.1. The molecular weight excluding hydrogens is 286 g/mol. The molecule has 2 aromatic heterocycles. The maximum Gasteiger partial charge on any atom is 0.272 e. The van der Waals surface area contributed by atoms with E-state index in [9.17, 15) is 4.79 Å². The summed E-state index contributed by atoms with van der Waals surface area (Å²) < 4.78 is 0. The smallest absolute Gasteiger partial charge is 0.272 e. The summed E-state index contributed by atoms with van der Waals surface area (Å²) in [6, 6.07) is -0.153. The normalized spacial score (nSPS) is 12.2. The highest BCUT2D eigenvalue weighted by molar-refractivity contribution is 7.09. The fraction of sp³-hybridized carbons (Fsp3) is 0.429. The van der Waals surface area contributed by atoms with Gasteiger partial charge in [0.15, 0.2) is 5.69 Å². The maximum atomic E-state index is 12.4. The van der Waals surface area contributed by atoms with Gasteiger partial charge in [0.05, 0.1) is 17.9 Å². The number of thiazole rings is 1. The first kappa shape index (κ1) is 15.4. The summed E-state index contributed by atoms with van der Waals surface area (Å²) in [5.41, 5.74) is 0.975. The summed E-state index contributed by atoms with van der Waals surface area (Å²) >= 11 is 1.51. The van der Waals surface area contributed by atoms with Crippen LogP contribution in [0.15, 0.2) is 17.8 Å². The minimum atomic E-state index is -0.230. The van der Waals surface area contributed by atoms with E-state index in [2.05, 4.69) is 25.6 Å². The first-order valence-corrected chi connectivity index (χ1v) is 7.65. The second kappa shape index (κ2) is 6.62. The van der Waals surface area contributed by atoms with Gasteiger partial charge >= 0.3 is 0 Å². The van der Waals surface area contributed by atoms with Gasteiger partial charge in [-0.3, -0.25) is 4.79 Å². The Hall–Kier alpha value is -2.02. The largest absolute Gasteiger partial charge is 0.385 e. The Morgan fingerprint density at radius 3 is 2.62 bits per heavy atom. The van der Waals surface area contributed by atoms with Crippen LogP contribution >= 0.6 is 11.3 Å². The molecule has 2 rings (SSSR count). The van der Waals surface area contributed by atoms with E-state index in [4.69, 9.17) is 0 Å². The molecule has 0 radical (unpaired) electrons. The van der Waals surface area contributed by atoms with Crippen molar-refractivity contribution in [2.45, 2.75) is 32.7 Å². The highest BCUT2D eigenvalue weighted by Gasteiger charge is 2.19. The van der Waals surface area contributed by atoms with E-state index in [-0.39, 0.29) is 17.9 Å². The Balaban J connectivity index is 2.23. The lowest BCUT2D eigenvalue weighted by molar-refractivity contribution is 0.0935. The molecule has 0 aliphatic carbocycles. The summed E-state index contributed by atoms with van der Waals surface area (Å²) in [6.45, 7) is 5.89. The van der Waals surface area contributed by atoms with Gasteiger partial charge < -0.3 is 10.6 Å². The monoisotopic (exact) mass is 305 g/mol. The van der Waals surface area contributed by atoms with Gasteiger partial charge in [0.1, 0.15) is 10.8 Å². The van der Waals surface area contributed by atoms with E-state index in [1.807, 2.05) is 26.2 Å². The molecule has 21 heavy (non-hydrogen) atoms. The molecule has 0 saturated carbocycles. The molecule has 0 aliphatic rings. The summed E-state index contributed by atoms with van der Waals surface area (Å²) in [5.74, 6) is 0.589. The number of carbonyl (C=O) groups is 1. The van der Waals surface area contributed by atoms with Crippen molar-refractivity contribution in [3.05, 3.63) is 34.3 Å². The predicted octanol–water partition coefficient (Wildman–Crippen LogP) is 2.59. The van der Waals surface area contributed by atoms with Crippen LogP contribution in [0.5, 0.6) is 0 Å². The molecule has 0 bridgehead atoms. The van der Waals surface area contributed by atoms with E-state index in [1.165, 1.54) is 11.3 Å². The Morgan fingerprint density at radius 2 is 2.05 bits per heavy atom. The molecule has 1 atom stereocenters. The number of carbonyl (C=O) groups excluding carboxylic acids is 1. The van der Waals surface area contributed by atoms with E-state index in [0.29, 0.717) is 17.2 Å². The molecule has 0 fully saturated rings. The van der Waals surface area contributed by atoms with Crippen LogP contribution in [-0.2, 0) is 0 Å². The molecular formula is C14H19N5OS. The van der Waals surface area contributed by atoms with Gasteiger partial charge in [-0.25, -0.2) is 15.0 Å². The van der Waals surface area contributed by atoms with E-state index < -0.39 is 0 Å². The van der Waals surface area contributed by atoms with E-state index in [0.717, 1.165) is 5.01 Å². The van der Waals surface area contributed by atoms with Crippen LogP contribution in [0.25, 0.3) is 0 Å². The molecule has 2 heterocycles. The lowest BCUT2D eigenvalue weighted by Crippen LogP contribution is -2.28. The van der Waals surface area contributed by atoms with Crippen molar-refractivity contribution in [3.63, 3.8) is 0 Å². The minimum Gasteiger partial charge on any atom is -0.385 e. The van der Waals surface area contributed by atoms with Gasteiger partial charge in [-0.1, -0.05) is 13.8 Å². The number of nitrogens with one attached hydrogen (secondary N) is 2. The van der Waals surface area contributed by atoms with Crippen LogP contribution in [-0.4, -0.2) is 27.9 Å². The van der Waals surface area contributed by atoms with Gasteiger partial charge in [-0.2, -0.15) is 0 Å². The van der Waals surface area contributed by atoms with Crippen molar-refractivity contribution in [2.24, 2.45) is 0 Å². The molecule has 0 aromatic carbocycles. The summed E-state index contributed by atoms with van der Waals surface area (Å²) in [4.78, 5) is 25.3. The Kier molecular flexibility index (Phi) is 4.85. The first-order valence-electron chi connectivity index (χ1n) is 6.77. The number of nitrogens with zero attached hydrogens (tertiary/aromatic N) is 3. The SMILES string of the molecule is CNc1cnc(C(C)C)nc1C(=O)NC(C)c1nccs1. The number of rotatable bonds is 5. The van der Waals surface area contributed by atoms with Gasteiger partial charge in [-0.05, 0) is 6.92 Å². The van der Waals surface area contributed by atoms with Crippen LogP contribution < -0.4 is 10.6 Å². The van der Waals surface area contributed by atoms with Gasteiger partial charge in [0.25, 0.3) is 5.91 Å². The molecule has 1 unspecified atom stereocenters. The van der Waals surface area contributed by atoms with Crippen molar-refractivity contribution in [3.8, 4) is 0 Å². The van der Waals surface area contributed by atoms with Crippen molar-refractivity contribution in [2.75, 3.05) is 12.4 Å². The number of amides is 1. The third kappa shape index (κ3) is 3.55. The molecule has 2 aromatic rings. The van der Waals surface area contributed by atoms with Gasteiger partial charge in [0, 0.05) is 24.5 Å². The Bertz CT molecular complexity index is 612. The lowest BCUT2D eigenvalue weighted by Gasteiger charge is -2.14. The van der Waals surface area contributed by atoms with Crippen LogP contribution in [0, 0.1) is 0 Å². The molecule has 1 amide bonds. The van der Waals surface area contributed by atoms with E-state index in [1.54, 1.807) is 19.4 Å². The summed E-state index contributed by atoms with van der Waals surface area (Å²) in [6.07, 6.45) is 3.37. The van der Waals surface area contributed by atoms with Crippen molar-refractivity contribution < 1.29 is 4.79 Å². The number of anilines is 1. The van der Waals surface area contributed by atoms with Crippen LogP contribution in [0.1, 0.15) is 54.1 Å². The summed E-state index contributed by atoms with van der Waals surface area (Å²) in [7, 11) is 1.74. The Labute approximate surface area is 128 Å². The number of hydrogen-bond donors (Lipinski definition) is 2. The minimum absolute atomic E-state index is 0.153. The molecule has 2 N–H and O–H groups in total. The van der Waals surface area contributed by atoms with Crippen molar-refractivity contribution in [1.82, 2.24) is 20.3 Å². The van der Waals surface area contributed by atoms with E-state index >= 15 is 0 Å². The number of hydrogen-bond acceptors (Lipinski definition) is 6. The fourth-order valence-electron chi connectivity index (χ4n) is 1.80. The summed E-state index contributed by atoms with van der Waals surface area (Å²) in [5, 5.41) is 8.63. The molecule has 7 heteroatoms. The van der Waals surface area contributed by atoms with Crippen molar-refractivity contribution >= 4 is 22.9 Å². The molecule has 6 nitrogen and oxygen atoms in total. The average molecular weight is 305 g/mol.